The SMILES string of the molecule is Cc1cc(C)nc(SC[C@H](C)Cn2c(N3CCCCC3)nc3c2c(=O)[nH]c(=O)n3C)n1. The van der Waals surface area contributed by atoms with Gasteiger partial charge in [-0.2, -0.15) is 4.98 Å². The predicted molar refractivity (Wildman–Crippen MR) is 123 cm³/mol. The highest BCUT2D eigenvalue weighted by Crippen LogP contribution is 2.26. The molecule has 166 valence electrons. The van der Waals surface area contributed by atoms with Crippen molar-refractivity contribution >= 4 is 28.9 Å². The van der Waals surface area contributed by atoms with Crippen LogP contribution < -0.4 is 16.1 Å². The summed E-state index contributed by atoms with van der Waals surface area (Å²) >= 11 is 1.62. The summed E-state index contributed by atoms with van der Waals surface area (Å²) < 4.78 is 3.41. The van der Waals surface area contributed by atoms with E-state index in [4.69, 9.17) is 4.98 Å². The van der Waals surface area contributed by atoms with Gasteiger partial charge in [-0.05, 0) is 45.1 Å². The second kappa shape index (κ2) is 8.86. The molecule has 10 heteroatoms. The maximum Gasteiger partial charge on any atom is 0.329 e. The molecular formula is C21H29N7O2S. The molecule has 4 heterocycles. The Morgan fingerprint density at radius 1 is 1.10 bits per heavy atom. The second-order valence-electron chi connectivity index (χ2n) is 8.41. The molecule has 0 aromatic carbocycles. The largest absolute Gasteiger partial charge is 0.342 e. The van der Waals surface area contributed by atoms with Gasteiger partial charge in [0.05, 0.1) is 0 Å². The van der Waals surface area contributed by atoms with Crippen LogP contribution in [0.1, 0.15) is 37.6 Å². The van der Waals surface area contributed by atoms with E-state index in [1.807, 2.05) is 24.5 Å². The minimum Gasteiger partial charge on any atom is -0.342 e. The van der Waals surface area contributed by atoms with Gasteiger partial charge in [0.2, 0.25) is 5.95 Å². The Kier molecular flexibility index (Phi) is 6.17. The molecule has 0 radical (unpaired) electrons. The van der Waals surface area contributed by atoms with E-state index < -0.39 is 5.69 Å². The number of hydrogen-bond donors (Lipinski definition) is 1. The molecule has 1 atom stereocenters. The molecule has 3 aromatic rings. The molecule has 1 aliphatic heterocycles. The van der Waals surface area contributed by atoms with Crippen LogP contribution in [0.3, 0.4) is 0 Å². The van der Waals surface area contributed by atoms with Gasteiger partial charge in [0.25, 0.3) is 5.56 Å². The molecule has 1 saturated heterocycles. The van der Waals surface area contributed by atoms with Crippen LogP contribution in [0.5, 0.6) is 0 Å². The standard InChI is InChI=1S/C21H29N7O2S/c1-13(12-31-19-22-14(2)10-15(3)23-19)11-28-16-17(26(4)21(30)25-18(16)29)24-20(28)27-8-6-5-7-9-27/h10,13H,5-9,11-12H2,1-4H3,(H,25,29,30)/t13-/m1/s1. The van der Waals surface area contributed by atoms with Gasteiger partial charge in [0.15, 0.2) is 16.3 Å². The summed E-state index contributed by atoms with van der Waals surface area (Å²) in [4.78, 5) is 43.3. The monoisotopic (exact) mass is 443 g/mol. The highest BCUT2D eigenvalue weighted by Gasteiger charge is 2.24. The zero-order valence-electron chi connectivity index (χ0n) is 18.5. The van der Waals surface area contributed by atoms with Crippen LogP contribution in [0.2, 0.25) is 0 Å². The van der Waals surface area contributed by atoms with Gasteiger partial charge >= 0.3 is 5.69 Å². The van der Waals surface area contributed by atoms with Crippen molar-refractivity contribution in [2.75, 3.05) is 23.7 Å². The highest BCUT2D eigenvalue weighted by atomic mass is 32.2. The van der Waals surface area contributed by atoms with Gasteiger partial charge in [-0.1, -0.05) is 18.7 Å². The number of nitrogens with one attached hydrogen (secondary N) is 1. The summed E-state index contributed by atoms with van der Waals surface area (Å²) in [5.74, 6) is 1.83. The lowest BCUT2D eigenvalue weighted by Gasteiger charge is -2.28. The number of rotatable bonds is 6. The van der Waals surface area contributed by atoms with Crippen molar-refractivity contribution in [3.8, 4) is 0 Å². The zero-order valence-corrected chi connectivity index (χ0v) is 19.3. The molecule has 31 heavy (non-hydrogen) atoms. The van der Waals surface area contributed by atoms with E-state index in [0.29, 0.717) is 17.7 Å². The number of thioether (sulfide) groups is 1. The van der Waals surface area contributed by atoms with Crippen LogP contribution in [0.15, 0.2) is 20.8 Å². The third kappa shape index (κ3) is 4.53. The van der Waals surface area contributed by atoms with Crippen LogP contribution in [-0.4, -0.2) is 47.9 Å². The first kappa shape index (κ1) is 21.6. The van der Waals surface area contributed by atoms with Crippen molar-refractivity contribution in [1.29, 1.82) is 0 Å². The highest BCUT2D eigenvalue weighted by molar-refractivity contribution is 7.99. The van der Waals surface area contributed by atoms with Gasteiger partial charge in [-0.3, -0.25) is 14.3 Å². The number of aromatic amines is 1. The molecule has 1 aliphatic rings. The lowest BCUT2D eigenvalue weighted by atomic mass is 10.1. The number of nitrogens with zero attached hydrogens (tertiary/aromatic N) is 6. The number of aromatic nitrogens is 6. The third-order valence-electron chi connectivity index (χ3n) is 5.58. The molecule has 0 aliphatic carbocycles. The van der Waals surface area contributed by atoms with E-state index in [1.165, 1.54) is 11.0 Å². The minimum absolute atomic E-state index is 0.243. The second-order valence-corrected chi connectivity index (χ2v) is 9.40. The molecule has 0 saturated carbocycles. The van der Waals surface area contributed by atoms with Crippen molar-refractivity contribution in [2.45, 2.75) is 51.7 Å². The van der Waals surface area contributed by atoms with Gasteiger partial charge in [0.1, 0.15) is 0 Å². The first-order chi connectivity index (χ1) is 14.8. The number of imidazole rings is 1. The summed E-state index contributed by atoms with van der Waals surface area (Å²) in [5, 5.41) is 0.774. The topological polar surface area (TPSA) is 102 Å². The van der Waals surface area contributed by atoms with Crippen LogP contribution in [0, 0.1) is 19.8 Å². The number of hydrogen-bond acceptors (Lipinski definition) is 7. The van der Waals surface area contributed by atoms with Crippen molar-refractivity contribution in [3.63, 3.8) is 0 Å². The van der Waals surface area contributed by atoms with Gasteiger partial charge in [-0.25, -0.2) is 14.8 Å². The van der Waals surface area contributed by atoms with E-state index >= 15 is 0 Å². The number of aryl methyl sites for hydroxylation is 3. The Bertz CT molecular complexity index is 1190. The number of fused-ring (bicyclic) bond motifs is 1. The van der Waals surface area contributed by atoms with E-state index in [9.17, 15) is 9.59 Å². The van der Waals surface area contributed by atoms with Crippen molar-refractivity contribution < 1.29 is 0 Å². The first-order valence-corrected chi connectivity index (χ1v) is 11.7. The van der Waals surface area contributed by atoms with E-state index in [1.54, 1.807) is 18.8 Å². The van der Waals surface area contributed by atoms with Crippen molar-refractivity contribution in [3.05, 3.63) is 38.3 Å². The van der Waals surface area contributed by atoms with E-state index in [-0.39, 0.29) is 11.5 Å². The molecule has 1 fully saturated rings. The van der Waals surface area contributed by atoms with Crippen LogP contribution in [0.4, 0.5) is 5.95 Å². The van der Waals surface area contributed by atoms with Gasteiger partial charge < -0.3 is 9.47 Å². The molecule has 9 nitrogen and oxygen atoms in total. The van der Waals surface area contributed by atoms with E-state index in [0.717, 1.165) is 54.2 Å². The average molecular weight is 444 g/mol. The fourth-order valence-electron chi connectivity index (χ4n) is 4.07. The minimum atomic E-state index is -0.442. The Morgan fingerprint density at radius 3 is 2.45 bits per heavy atom. The fraction of sp³-hybridized carbons (Fsp3) is 0.571. The Hall–Kier alpha value is -2.62. The Morgan fingerprint density at radius 2 is 1.77 bits per heavy atom. The summed E-state index contributed by atoms with van der Waals surface area (Å²) in [7, 11) is 1.65. The first-order valence-electron chi connectivity index (χ1n) is 10.7. The average Bonchev–Trinajstić information content (AvgIpc) is 3.10. The molecular weight excluding hydrogens is 414 g/mol. The normalized spacial score (nSPS) is 15.5. The quantitative estimate of drug-likeness (QED) is 0.460. The lowest BCUT2D eigenvalue weighted by molar-refractivity contribution is 0.514. The molecule has 0 unspecified atom stereocenters. The zero-order chi connectivity index (χ0) is 22.1. The predicted octanol–water partition coefficient (Wildman–Crippen LogP) is 2.25. The molecule has 4 rings (SSSR count). The van der Waals surface area contributed by atoms with E-state index in [2.05, 4.69) is 26.8 Å². The Balaban J connectivity index is 1.65. The summed E-state index contributed by atoms with van der Waals surface area (Å²) in [5.41, 5.74) is 1.99. The summed E-state index contributed by atoms with van der Waals surface area (Å²) in [6.07, 6.45) is 3.42. The summed E-state index contributed by atoms with van der Waals surface area (Å²) in [6, 6.07) is 1.96. The van der Waals surface area contributed by atoms with Crippen molar-refractivity contribution in [1.82, 2.24) is 29.1 Å². The van der Waals surface area contributed by atoms with Gasteiger partial charge in [0, 0.05) is 43.8 Å². The molecule has 1 N–H and O–H groups in total. The molecule has 0 spiro atoms. The third-order valence-corrected chi connectivity index (χ3v) is 6.76. The summed E-state index contributed by atoms with van der Waals surface area (Å²) in [6.45, 7) is 8.55. The molecule has 3 aromatic heterocycles. The van der Waals surface area contributed by atoms with Crippen molar-refractivity contribution in [2.24, 2.45) is 13.0 Å². The Labute approximate surface area is 184 Å². The maximum absolute atomic E-state index is 12.7. The fourth-order valence-corrected chi connectivity index (χ4v) is 5.03. The van der Waals surface area contributed by atoms with Crippen LogP contribution >= 0.6 is 11.8 Å². The number of piperidine rings is 1. The van der Waals surface area contributed by atoms with Crippen LogP contribution in [-0.2, 0) is 13.6 Å². The maximum atomic E-state index is 12.7. The van der Waals surface area contributed by atoms with Crippen LogP contribution in [0.25, 0.3) is 11.2 Å². The van der Waals surface area contributed by atoms with Gasteiger partial charge in [-0.15, -0.1) is 0 Å². The lowest BCUT2D eigenvalue weighted by Crippen LogP contribution is -2.33. The molecule has 0 bridgehead atoms. The molecule has 0 amide bonds. The smallest absolute Gasteiger partial charge is 0.329 e. The number of H-pyrrole nitrogens is 1. The number of anilines is 1.